The van der Waals surface area contributed by atoms with Crippen molar-refractivity contribution in [2.75, 3.05) is 6.61 Å². The van der Waals surface area contributed by atoms with Gasteiger partial charge in [0, 0.05) is 11.8 Å². The van der Waals surface area contributed by atoms with E-state index in [9.17, 15) is 4.79 Å². The van der Waals surface area contributed by atoms with Crippen molar-refractivity contribution >= 4 is 5.97 Å². The Bertz CT molecular complexity index is 1830. The molecule has 0 saturated carbocycles. The molecule has 6 aromatic rings. The van der Waals surface area contributed by atoms with Crippen LogP contribution in [0.25, 0.3) is 22.8 Å². The van der Waals surface area contributed by atoms with E-state index in [1.165, 1.54) is 0 Å². The molecule has 0 bridgehead atoms. The fourth-order valence-electron chi connectivity index (χ4n) is 4.71. The van der Waals surface area contributed by atoms with Gasteiger partial charge in [-0.25, -0.2) is 9.78 Å². The highest BCUT2D eigenvalue weighted by atomic mass is 16.5. The lowest BCUT2D eigenvalue weighted by Gasteiger charge is -2.14. The summed E-state index contributed by atoms with van der Waals surface area (Å²) in [7, 11) is 0. The Kier molecular flexibility index (Phi) is 8.54. The van der Waals surface area contributed by atoms with Gasteiger partial charge in [-0.2, -0.15) is 0 Å². The molecule has 3 aromatic heterocycles. The number of furan rings is 1. The number of benzene rings is 3. The molecular weight excluding hydrogens is 558 g/mol. The van der Waals surface area contributed by atoms with E-state index >= 15 is 0 Å². The Morgan fingerprint density at radius 1 is 0.886 bits per heavy atom. The van der Waals surface area contributed by atoms with E-state index in [1.807, 2.05) is 85.8 Å². The minimum absolute atomic E-state index is 0.184. The third-order valence-corrected chi connectivity index (χ3v) is 6.90. The van der Waals surface area contributed by atoms with Crippen molar-refractivity contribution in [1.29, 1.82) is 0 Å². The molecule has 3 heterocycles. The van der Waals surface area contributed by atoms with Crippen molar-refractivity contribution in [1.82, 2.24) is 14.8 Å². The Morgan fingerprint density at radius 2 is 1.68 bits per heavy atom. The zero-order valence-corrected chi connectivity index (χ0v) is 24.4. The highest BCUT2D eigenvalue weighted by Gasteiger charge is 2.20. The van der Waals surface area contributed by atoms with E-state index in [0.717, 1.165) is 22.3 Å². The average molecular weight is 590 g/mol. The van der Waals surface area contributed by atoms with Gasteiger partial charge >= 0.3 is 5.97 Å². The average Bonchev–Trinajstić information content (AvgIpc) is 3.81. The summed E-state index contributed by atoms with van der Waals surface area (Å²) >= 11 is 0. The van der Waals surface area contributed by atoms with Gasteiger partial charge in [0.05, 0.1) is 19.4 Å². The molecule has 6 rings (SSSR count). The van der Waals surface area contributed by atoms with Gasteiger partial charge in [0.1, 0.15) is 36.0 Å². The molecule has 222 valence electrons. The Balaban J connectivity index is 1.22. The summed E-state index contributed by atoms with van der Waals surface area (Å²) in [6, 6.07) is 29.3. The molecule has 0 amide bonds. The predicted octanol–water partition coefficient (Wildman–Crippen LogP) is 7.49. The molecule has 0 unspecified atom stereocenters. The maximum atomic E-state index is 12.7. The van der Waals surface area contributed by atoms with Crippen LogP contribution in [0.15, 0.2) is 112 Å². The third kappa shape index (κ3) is 6.57. The molecule has 0 aliphatic rings. The van der Waals surface area contributed by atoms with E-state index in [1.54, 1.807) is 36.2 Å². The van der Waals surface area contributed by atoms with Crippen LogP contribution in [0.4, 0.5) is 0 Å². The lowest BCUT2D eigenvalue weighted by molar-refractivity contribution is 0.0521. The number of oxazole rings is 1. The van der Waals surface area contributed by atoms with Crippen molar-refractivity contribution < 1.29 is 27.8 Å². The second kappa shape index (κ2) is 13.2. The van der Waals surface area contributed by atoms with Crippen LogP contribution in [0.3, 0.4) is 0 Å². The first-order chi connectivity index (χ1) is 21.6. The molecule has 44 heavy (non-hydrogen) atoms. The van der Waals surface area contributed by atoms with E-state index in [4.69, 9.17) is 23.0 Å². The smallest absolute Gasteiger partial charge is 0.345 e. The Morgan fingerprint density at radius 3 is 2.43 bits per heavy atom. The maximum Gasteiger partial charge on any atom is 0.345 e. The summed E-state index contributed by atoms with van der Waals surface area (Å²) in [4.78, 5) is 17.3. The molecule has 0 N–H and O–H groups in total. The van der Waals surface area contributed by atoms with Crippen LogP contribution < -0.4 is 9.47 Å². The summed E-state index contributed by atoms with van der Waals surface area (Å²) in [6.45, 7) is 4.76. The monoisotopic (exact) mass is 589 g/mol. The van der Waals surface area contributed by atoms with Crippen molar-refractivity contribution in [3.05, 3.63) is 132 Å². The van der Waals surface area contributed by atoms with Crippen LogP contribution in [-0.4, -0.2) is 27.3 Å². The van der Waals surface area contributed by atoms with Crippen molar-refractivity contribution in [2.45, 2.75) is 33.6 Å². The molecule has 9 nitrogen and oxygen atoms in total. The number of carbonyl (C=O) groups excluding carboxylic acids is 1. The van der Waals surface area contributed by atoms with Crippen LogP contribution in [0.1, 0.15) is 39.9 Å². The Labute approximate surface area is 254 Å². The standard InChI is InChI=1S/C35H31N3O6/c1-3-40-35(39)29-21-38(20-25-11-6-4-7-12-25)37-33(29)43-22-26-16-17-31(28(19-26)27-13-8-5-9-14-27)42-23-30-24(2)44-34(36-30)32-15-10-18-41-32/h4-19,21H,3,20,22-23H2,1-2H3. The fourth-order valence-corrected chi connectivity index (χ4v) is 4.71. The van der Waals surface area contributed by atoms with Crippen LogP contribution in [0, 0.1) is 6.92 Å². The van der Waals surface area contributed by atoms with Gasteiger partial charge in [0.25, 0.3) is 5.89 Å². The second-order valence-corrected chi connectivity index (χ2v) is 10.0. The summed E-state index contributed by atoms with van der Waals surface area (Å²) in [5.74, 6) is 2.05. The van der Waals surface area contributed by atoms with Gasteiger partial charge in [-0.15, -0.1) is 5.10 Å². The van der Waals surface area contributed by atoms with Gasteiger partial charge < -0.3 is 23.0 Å². The molecule has 0 spiro atoms. The molecule has 9 heteroatoms. The first kappa shape index (κ1) is 28.5. The number of carbonyl (C=O) groups is 1. The highest BCUT2D eigenvalue weighted by Crippen LogP contribution is 2.33. The number of hydrogen-bond donors (Lipinski definition) is 0. The fraction of sp³-hybridized carbons (Fsp3) is 0.171. The minimum atomic E-state index is -0.478. The number of aromatic nitrogens is 3. The second-order valence-electron chi connectivity index (χ2n) is 10.0. The predicted molar refractivity (Wildman–Crippen MR) is 163 cm³/mol. The number of hydrogen-bond acceptors (Lipinski definition) is 8. The summed E-state index contributed by atoms with van der Waals surface area (Å²) in [6.07, 6.45) is 3.24. The lowest BCUT2D eigenvalue weighted by Crippen LogP contribution is -2.07. The van der Waals surface area contributed by atoms with Gasteiger partial charge in [0.2, 0.25) is 5.88 Å². The molecule has 0 fully saturated rings. The number of ether oxygens (including phenoxy) is 3. The van der Waals surface area contributed by atoms with E-state index in [-0.39, 0.29) is 31.3 Å². The van der Waals surface area contributed by atoms with Crippen LogP contribution in [-0.2, 0) is 24.5 Å². The molecule has 0 atom stereocenters. The number of aryl methyl sites for hydroxylation is 1. The van der Waals surface area contributed by atoms with Crippen LogP contribution >= 0.6 is 0 Å². The van der Waals surface area contributed by atoms with E-state index < -0.39 is 5.97 Å². The number of esters is 1. The normalized spacial score (nSPS) is 11.0. The summed E-state index contributed by atoms with van der Waals surface area (Å²) in [5, 5.41) is 4.56. The summed E-state index contributed by atoms with van der Waals surface area (Å²) in [5.41, 5.74) is 4.76. The van der Waals surface area contributed by atoms with Crippen molar-refractivity contribution in [3.63, 3.8) is 0 Å². The third-order valence-electron chi connectivity index (χ3n) is 6.90. The van der Waals surface area contributed by atoms with E-state index in [2.05, 4.69) is 10.1 Å². The number of nitrogens with zero attached hydrogens (tertiary/aromatic N) is 3. The number of rotatable bonds is 12. The molecule has 0 saturated heterocycles. The Hall–Kier alpha value is -5.57. The van der Waals surface area contributed by atoms with Crippen molar-refractivity contribution in [2.24, 2.45) is 0 Å². The quantitative estimate of drug-likeness (QED) is 0.135. The highest BCUT2D eigenvalue weighted by molar-refractivity contribution is 5.91. The zero-order valence-electron chi connectivity index (χ0n) is 24.4. The van der Waals surface area contributed by atoms with Crippen LogP contribution in [0.5, 0.6) is 11.6 Å². The van der Waals surface area contributed by atoms with E-state index in [0.29, 0.717) is 35.4 Å². The topological polar surface area (TPSA) is 102 Å². The molecule has 0 aliphatic heterocycles. The zero-order chi connectivity index (χ0) is 30.3. The first-order valence-electron chi connectivity index (χ1n) is 14.3. The maximum absolute atomic E-state index is 12.7. The molecule has 0 radical (unpaired) electrons. The molecule has 3 aromatic carbocycles. The molecular formula is C35H31N3O6. The van der Waals surface area contributed by atoms with Gasteiger partial charge in [-0.3, -0.25) is 4.68 Å². The largest absolute Gasteiger partial charge is 0.487 e. The molecule has 0 aliphatic carbocycles. The summed E-state index contributed by atoms with van der Waals surface area (Å²) < 4.78 is 30.5. The van der Waals surface area contributed by atoms with Crippen molar-refractivity contribution in [3.8, 4) is 34.4 Å². The SMILES string of the molecule is CCOC(=O)c1cn(Cc2ccccc2)nc1OCc1ccc(OCc2nc(-c3ccco3)oc2C)c(-c2ccccc2)c1. The van der Waals surface area contributed by atoms with Gasteiger partial charge in [0.15, 0.2) is 5.76 Å². The minimum Gasteiger partial charge on any atom is -0.487 e. The van der Waals surface area contributed by atoms with Gasteiger partial charge in [-0.1, -0.05) is 66.7 Å². The van der Waals surface area contributed by atoms with Crippen LogP contribution in [0.2, 0.25) is 0 Å². The first-order valence-corrected chi connectivity index (χ1v) is 14.3. The lowest BCUT2D eigenvalue weighted by atomic mass is 10.0. The van der Waals surface area contributed by atoms with Gasteiger partial charge in [-0.05, 0) is 54.8 Å².